The Morgan fingerprint density at radius 1 is 0.778 bits per heavy atom. The normalized spacial score (nSPS) is 17.1. The molecule has 2 fully saturated rings. The third kappa shape index (κ3) is 6.07. The van der Waals surface area contributed by atoms with Crippen LogP contribution in [0, 0.1) is 5.92 Å². The van der Waals surface area contributed by atoms with Gasteiger partial charge in [-0.25, -0.2) is 0 Å². The first kappa shape index (κ1) is 25.7. The smallest absolute Gasteiger partial charge is 0.232 e. The average molecular weight is 492 g/mol. The molecule has 4 rings (SSSR count). The molecule has 36 heavy (non-hydrogen) atoms. The Morgan fingerprint density at radius 3 is 1.94 bits per heavy atom. The zero-order chi connectivity index (χ0) is 25.5. The summed E-state index contributed by atoms with van der Waals surface area (Å²) in [5.74, 6) is 1.04. The van der Waals surface area contributed by atoms with Crippen LogP contribution >= 0.6 is 0 Å². The summed E-state index contributed by atoms with van der Waals surface area (Å²) < 4.78 is 5.64. The summed E-state index contributed by atoms with van der Waals surface area (Å²) in [6.45, 7) is 7.71. The summed E-state index contributed by atoms with van der Waals surface area (Å²) in [5, 5.41) is 0. The van der Waals surface area contributed by atoms with E-state index in [4.69, 9.17) is 4.74 Å². The molecule has 2 aliphatic rings. The van der Waals surface area contributed by atoms with Crippen molar-refractivity contribution in [3.8, 4) is 5.75 Å². The van der Waals surface area contributed by atoms with Crippen molar-refractivity contribution in [2.45, 2.75) is 38.5 Å². The fraction of sp³-hybridized carbons (Fsp3) is 0.483. The Bertz CT molecular complexity index is 1020. The molecule has 2 aromatic rings. The molecule has 7 nitrogen and oxygen atoms in total. The van der Waals surface area contributed by atoms with Crippen molar-refractivity contribution < 1.29 is 19.1 Å². The molecule has 0 radical (unpaired) electrons. The van der Waals surface area contributed by atoms with Gasteiger partial charge in [-0.1, -0.05) is 48.5 Å². The van der Waals surface area contributed by atoms with Crippen molar-refractivity contribution in [2.75, 3.05) is 45.9 Å². The topological polar surface area (TPSA) is 70.2 Å². The molecule has 7 heteroatoms. The molecule has 192 valence electrons. The molecule has 0 aliphatic carbocycles. The first-order valence-electron chi connectivity index (χ1n) is 13.0. The molecule has 3 amide bonds. The highest BCUT2D eigenvalue weighted by molar-refractivity contribution is 5.88. The molecule has 0 saturated carbocycles. The lowest BCUT2D eigenvalue weighted by atomic mass is 9.83. The number of piperazine rings is 1. The number of piperidine rings is 1. The van der Waals surface area contributed by atoms with Gasteiger partial charge in [-0.2, -0.15) is 0 Å². The van der Waals surface area contributed by atoms with Gasteiger partial charge in [0, 0.05) is 45.2 Å². The number of benzene rings is 2. The standard InChI is InChI=1S/C29H37N3O4/c1-29(2,24-9-5-3-6-10-24)28(35)32-20-18-31(19-21-32)27(34)23-13-16-30(17-14-23)26(33)15-22-36-25-11-7-4-8-12-25/h3-12,23H,13-22H2,1-2H3. The minimum atomic E-state index is -0.598. The molecule has 2 heterocycles. The number of hydrogen-bond donors (Lipinski definition) is 0. The predicted octanol–water partition coefficient (Wildman–Crippen LogP) is 3.34. The van der Waals surface area contributed by atoms with Crippen molar-refractivity contribution in [2.24, 2.45) is 5.92 Å². The van der Waals surface area contributed by atoms with Crippen LogP contribution in [0.4, 0.5) is 0 Å². The van der Waals surface area contributed by atoms with Crippen LogP contribution in [0.1, 0.15) is 38.7 Å². The summed E-state index contributed by atoms with van der Waals surface area (Å²) in [6, 6.07) is 19.3. The molecule has 2 saturated heterocycles. The average Bonchev–Trinajstić information content (AvgIpc) is 2.93. The predicted molar refractivity (Wildman–Crippen MR) is 138 cm³/mol. The van der Waals surface area contributed by atoms with E-state index in [-0.39, 0.29) is 23.6 Å². The van der Waals surface area contributed by atoms with E-state index in [1.807, 2.05) is 89.2 Å². The monoisotopic (exact) mass is 491 g/mol. The molecular formula is C29H37N3O4. The maximum absolute atomic E-state index is 13.2. The maximum atomic E-state index is 13.2. The highest BCUT2D eigenvalue weighted by atomic mass is 16.5. The van der Waals surface area contributed by atoms with Crippen molar-refractivity contribution >= 4 is 17.7 Å². The Hall–Kier alpha value is -3.35. The number of amides is 3. The van der Waals surface area contributed by atoms with E-state index in [0.29, 0.717) is 65.1 Å². The summed E-state index contributed by atoms with van der Waals surface area (Å²) in [5.41, 5.74) is 0.403. The van der Waals surface area contributed by atoms with Gasteiger partial charge in [-0.05, 0) is 44.4 Å². The lowest BCUT2D eigenvalue weighted by molar-refractivity contribution is -0.146. The number of nitrogens with zero attached hydrogens (tertiary/aromatic N) is 3. The number of carbonyl (C=O) groups excluding carboxylic acids is 3. The summed E-state index contributed by atoms with van der Waals surface area (Å²) in [6.07, 6.45) is 1.71. The fourth-order valence-corrected chi connectivity index (χ4v) is 5.07. The van der Waals surface area contributed by atoms with Crippen LogP contribution in [0.3, 0.4) is 0 Å². The highest BCUT2D eigenvalue weighted by Crippen LogP contribution is 2.27. The van der Waals surface area contributed by atoms with E-state index in [0.717, 1.165) is 11.3 Å². The van der Waals surface area contributed by atoms with Crippen LogP contribution < -0.4 is 4.74 Å². The second kappa shape index (κ2) is 11.6. The third-order valence-electron chi connectivity index (χ3n) is 7.43. The molecule has 2 aliphatic heterocycles. The van der Waals surface area contributed by atoms with Crippen molar-refractivity contribution in [1.82, 2.24) is 14.7 Å². The van der Waals surface area contributed by atoms with Crippen molar-refractivity contribution in [3.63, 3.8) is 0 Å². The lowest BCUT2D eigenvalue weighted by Gasteiger charge is -2.40. The van der Waals surface area contributed by atoms with E-state index in [1.54, 1.807) is 0 Å². The van der Waals surface area contributed by atoms with Crippen LogP contribution in [-0.4, -0.2) is 78.3 Å². The van der Waals surface area contributed by atoms with Gasteiger partial charge >= 0.3 is 0 Å². The number of ether oxygens (including phenoxy) is 1. The summed E-state index contributed by atoms with van der Waals surface area (Å²) in [7, 11) is 0. The fourth-order valence-electron chi connectivity index (χ4n) is 5.07. The second-order valence-corrected chi connectivity index (χ2v) is 10.2. The van der Waals surface area contributed by atoms with Gasteiger partial charge in [0.1, 0.15) is 5.75 Å². The van der Waals surface area contributed by atoms with Gasteiger partial charge in [0.05, 0.1) is 18.4 Å². The molecular weight excluding hydrogens is 454 g/mol. The number of likely N-dealkylation sites (tertiary alicyclic amines) is 1. The Labute approximate surface area is 214 Å². The van der Waals surface area contributed by atoms with Crippen LogP contribution in [0.2, 0.25) is 0 Å². The Kier molecular flexibility index (Phi) is 8.28. The summed E-state index contributed by atoms with van der Waals surface area (Å²) >= 11 is 0. The second-order valence-electron chi connectivity index (χ2n) is 10.2. The van der Waals surface area contributed by atoms with E-state index in [9.17, 15) is 14.4 Å². The van der Waals surface area contributed by atoms with E-state index < -0.39 is 5.41 Å². The van der Waals surface area contributed by atoms with Crippen LogP contribution in [0.15, 0.2) is 60.7 Å². The molecule has 0 spiro atoms. The highest BCUT2D eigenvalue weighted by Gasteiger charge is 2.37. The molecule has 0 atom stereocenters. The quantitative estimate of drug-likeness (QED) is 0.596. The molecule has 0 aromatic heterocycles. The maximum Gasteiger partial charge on any atom is 0.232 e. The largest absolute Gasteiger partial charge is 0.493 e. The van der Waals surface area contributed by atoms with E-state index in [1.165, 1.54) is 0 Å². The SMILES string of the molecule is CC(C)(C(=O)N1CCN(C(=O)C2CCN(C(=O)CCOc3ccccc3)CC2)CC1)c1ccccc1. The van der Waals surface area contributed by atoms with E-state index in [2.05, 4.69) is 0 Å². The Balaban J connectivity index is 1.19. The van der Waals surface area contributed by atoms with Gasteiger partial charge in [0.2, 0.25) is 17.7 Å². The van der Waals surface area contributed by atoms with Gasteiger partial charge in [-0.15, -0.1) is 0 Å². The lowest BCUT2D eigenvalue weighted by Crippen LogP contribution is -2.55. The van der Waals surface area contributed by atoms with Crippen LogP contribution in [-0.2, 0) is 19.8 Å². The molecule has 0 bridgehead atoms. The van der Waals surface area contributed by atoms with Crippen molar-refractivity contribution in [1.29, 1.82) is 0 Å². The number of hydrogen-bond acceptors (Lipinski definition) is 4. The van der Waals surface area contributed by atoms with E-state index >= 15 is 0 Å². The van der Waals surface area contributed by atoms with Crippen LogP contribution in [0.25, 0.3) is 0 Å². The molecule has 0 N–H and O–H groups in total. The zero-order valence-corrected chi connectivity index (χ0v) is 21.4. The Morgan fingerprint density at radius 2 is 1.33 bits per heavy atom. The number of para-hydroxylation sites is 1. The zero-order valence-electron chi connectivity index (χ0n) is 21.4. The third-order valence-corrected chi connectivity index (χ3v) is 7.43. The molecule has 0 unspecified atom stereocenters. The first-order chi connectivity index (χ1) is 17.4. The van der Waals surface area contributed by atoms with Crippen molar-refractivity contribution in [3.05, 3.63) is 66.2 Å². The minimum absolute atomic E-state index is 0.0577. The van der Waals surface area contributed by atoms with Gasteiger partial charge in [-0.3, -0.25) is 14.4 Å². The number of rotatable bonds is 7. The molecule has 2 aromatic carbocycles. The first-order valence-corrected chi connectivity index (χ1v) is 13.0. The van der Waals surface area contributed by atoms with Gasteiger partial charge in [0.15, 0.2) is 0 Å². The summed E-state index contributed by atoms with van der Waals surface area (Å²) in [4.78, 5) is 44.6. The van der Waals surface area contributed by atoms with Crippen LogP contribution in [0.5, 0.6) is 5.75 Å². The van der Waals surface area contributed by atoms with Gasteiger partial charge < -0.3 is 19.4 Å². The van der Waals surface area contributed by atoms with Gasteiger partial charge in [0.25, 0.3) is 0 Å². The number of carbonyl (C=O) groups is 3. The minimum Gasteiger partial charge on any atom is -0.493 e.